The molecule has 1 N–H and O–H groups in total. The molecule has 0 spiro atoms. The van der Waals surface area contributed by atoms with Gasteiger partial charge in [0.25, 0.3) is 0 Å². The van der Waals surface area contributed by atoms with Crippen LogP contribution in [0.2, 0.25) is 0 Å². The van der Waals surface area contributed by atoms with Gasteiger partial charge in [-0.25, -0.2) is 13.1 Å². The maximum Gasteiger partial charge on any atom is 0.573 e. The largest absolute Gasteiger partial charge is 0.573 e. The number of benzene rings is 2. The minimum Gasteiger partial charge on any atom is -0.406 e. The van der Waals surface area contributed by atoms with Gasteiger partial charge in [-0.2, -0.15) is 0 Å². The highest BCUT2D eigenvalue weighted by atomic mass is 79.9. The van der Waals surface area contributed by atoms with Crippen molar-refractivity contribution < 1.29 is 31.1 Å². The second-order valence-corrected chi connectivity index (χ2v) is 8.63. The van der Waals surface area contributed by atoms with Crippen molar-refractivity contribution in [3.63, 3.8) is 0 Å². The minimum absolute atomic E-state index is 0.0740. The molecule has 6 nitrogen and oxygen atoms in total. The van der Waals surface area contributed by atoms with E-state index in [1.165, 1.54) is 4.90 Å². The molecule has 0 aliphatic carbocycles. The summed E-state index contributed by atoms with van der Waals surface area (Å²) in [5.74, 6) is -0.794. The normalized spacial score (nSPS) is 11.9. The highest BCUT2D eigenvalue weighted by molar-refractivity contribution is 9.10. The maximum atomic E-state index is 12.2. The minimum atomic E-state index is -4.86. The number of nitrogens with one attached hydrogen (secondary N) is 1. The predicted octanol–water partition coefficient (Wildman–Crippen LogP) is 3.67. The SMILES string of the molecule is CN(Cc1ccccc1Br)C(=O)CCNS(=O)(=O)c1ccc(OC(F)(F)F)cc1. The number of halogens is 4. The fraction of sp³-hybridized carbons (Fsp3) is 0.278. The molecule has 2 aromatic rings. The molecule has 0 fully saturated rings. The molecule has 0 unspecified atom stereocenters. The second-order valence-electron chi connectivity index (χ2n) is 6.01. The number of ether oxygens (including phenoxy) is 1. The average molecular weight is 495 g/mol. The fourth-order valence-electron chi connectivity index (χ4n) is 2.36. The molecule has 0 atom stereocenters. The summed E-state index contributed by atoms with van der Waals surface area (Å²) in [5.41, 5.74) is 0.907. The van der Waals surface area contributed by atoms with Crippen molar-refractivity contribution in [1.29, 1.82) is 0 Å². The molecule has 29 heavy (non-hydrogen) atoms. The molecular formula is C18H18BrF3N2O4S. The number of carbonyl (C=O) groups is 1. The van der Waals surface area contributed by atoms with Crippen LogP contribution in [0.15, 0.2) is 57.9 Å². The van der Waals surface area contributed by atoms with Crippen molar-refractivity contribution >= 4 is 31.9 Å². The van der Waals surface area contributed by atoms with Gasteiger partial charge in [-0.3, -0.25) is 4.79 Å². The number of amides is 1. The van der Waals surface area contributed by atoms with Gasteiger partial charge >= 0.3 is 6.36 Å². The lowest BCUT2D eigenvalue weighted by Gasteiger charge is -2.18. The first-order valence-electron chi connectivity index (χ1n) is 8.31. The zero-order chi connectivity index (χ0) is 21.7. The molecular weight excluding hydrogens is 477 g/mol. The Kier molecular flexibility index (Phi) is 7.66. The van der Waals surface area contributed by atoms with Crippen molar-refractivity contribution in [3.05, 3.63) is 58.6 Å². The van der Waals surface area contributed by atoms with E-state index in [0.717, 1.165) is 34.3 Å². The molecule has 158 valence electrons. The summed E-state index contributed by atoms with van der Waals surface area (Å²) in [5, 5.41) is 0. The van der Waals surface area contributed by atoms with Crippen LogP contribution in [0.3, 0.4) is 0 Å². The predicted molar refractivity (Wildman–Crippen MR) is 104 cm³/mol. The topological polar surface area (TPSA) is 75.7 Å². The Morgan fingerprint density at radius 3 is 2.34 bits per heavy atom. The number of hydrogen-bond donors (Lipinski definition) is 1. The highest BCUT2D eigenvalue weighted by Gasteiger charge is 2.31. The monoisotopic (exact) mass is 494 g/mol. The Labute approximate surface area is 174 Å². The lowest BCUT2D eigenvalue weighted by atomic mass is 10.2. The van der Waals surface area contributed by atoms with Crippen LogP contribution in [0.25, 0.3) is 0 Å². The van der Waals surface area contributed by atoms with Gasteiger partial charge in [0.1, 0.15) is 5.75 Å². The summed E-state index contributed by atoms with van der Waals surface area (Å²) in [7, 11) is -2.37. The van der Waals surface area contributed by atoms with E-state index in [-0.39, 0.29) is 23.8 Å². The van der Waals surface area contributed by atoms with E-state index >= 15 is 0 Å². The van der Waals surface area contributed by atoms with Gasteiger partial charge < -0.3 is 9.64 Å². The third kappa shape index (κ3) is 7.33. The zero-order valence-electron chi connectivity index (χ0n) is 15.2. The van der Waals surface area contributed by atoms with Crippen molar-refractivity contribution in [3.8, 4) is 5.75 Å². The summed E-state index contributed by atoms with van der Waals surface area (Å²) in [6.45, 7) is 0.204. The quantitative estimate of drug-likeness (QED) is 0.607. The van der Waals surface area contributed by atoms with Crippen LogP contribution >= 0.6 is 15.9 Å². The Morgan fingerprint density at radius 1 is 1.14 bits per heavy atom. The van der Waals surface area contributed by atoms with E-state index in [9.17, 15) is 26.4 Å². The lowest BCUT2D eigenvalue weighted by molar-refractivity contribution is -0.274. The van der Waals surface area contributed by atoms with Crippen molar-refractivity contribution in [2.75, 3.05) is 13.6 Å². The molecule has 0 saturated carbocycles. The molecule has 0 radical (unpaired) electrons. The van der Waals surface area contributed by atoms with E-state index in [4.69, 9.17) is 0 Å². The Balaban J connectivity index is 1.88. The summed E-state index contributed by atoms with van der Waals surface area (Å²) in [6.07, 6.45) is -4.93. The summed E-state index contributed by atoms with van der Waals surface area (Å²) >= 11 is 3.40. The first-order chi connectivity index (χ1) is 13.5. The fourth-order valence-corrected chi connectivity index (χ4v) is 3.80. The van der Waals surface area contributed by atoms with Gasteiger partial charge in [0, 0.05) is 31.0 Å². The van der Waals surface area contributed by atoms with Crippen molar-refractivity contribution in [1.82, 2.24) is 9.62 Å². The van der Waals surface area contributed by atoms with E-state index in [0.29, 0.717) is 6.54 Å². The van der Waals surface area contributed by atoms with Gasteiger partial charge in [0.15, 0.2) is 0 Å². The van der Waals surface area contributed by atoms with Crippen LogP contribution in [0.4, 0.5) is 13.2 Å². The van der Waals surface area contributed by atoms with Crippen LogP contribution in [-0.4, -0.2) is 39.2 Å². The third-order valence-corrected chi connectivity index (χ3v) is 6.04. The van der Waals surface area contributed by atoms with E-state index < -0.39 is 22.1 Å². The number of hydrogen-bond acceptors (Lipinski definition) is 4. The molecule has 11 heteroatoms. The summed E-state index contributed by atoms with van der Waals surface area (Å²) in [6, 6.07) is 11.2. The van der Waals surface area contributed by atoms with Gasteiger partial charge in [0.2, 0.25) is 15.9 Å². The number of rotatable bonds is 8. The van der Waals surface area contributed by atoms with E-state index in [1.54, 1.807) is 7.05 Å². The Bertz CT molecular complexity index is 950. The second kappa shape index (κ2) is 9.59. The van der Waals surface area contributed by atoms with Gasteiger partial charge in [0.05, 0.1) is 4.90 Å². The molecule has 2 rings (SSSR count). The first kappa shape index (κ1) is 23.2. The standard InChI is InChI=1S/C18H18BrF3N2O4S/c1-24(12-13-4-2-3-5-16(13)19)17(25)10-11-23-29(26,27)15-8-6-14(7-9-15)28-18(20,21)22/h2-9,23H,10-12H2,1H3. The van der Waals surface area contributed by atoms with Crippen molar-refractivity contribution in [2.45, 2.75) is 24.2 Å². The Hall–Kier alpha value is -2.11. The van der Waals surface area contributed by atoms with Gasteiger partial charge in [-0.15, -0.1) is 13.2 Å². The van der Waals surface area contributed by atoms with Crippen LogP contribution in [0, 0.1) is 0 Å². The Morgan fingerprint density at radius 2 is 1.76 bits per heavy atom. The molecule has 0 saturated heterocycles. The first-order valence-corrected chi connectivity index (χ1v) is 10.6. The van der Waals surface area contributed by atoms with Crippen LogP contribution in [-0.2, 0) is 21.4 Å². The molecule has 0 aliphatic rings. The van der Waals surface area contributed by atoms with Crippen LogP contribution in [0.1, 0.15) is 12.0 Å². The molecule has 0 bridgehead atoms. The molecule has 0 aliphatic heterocycles. The third-order valence-electron chi connectivity index (χ3n) is 3.79. The molecule has 1 amide bonds. The number of sulfonamides is 1. The van der Waals surface area contributed by atoms with E-state index in [1.807, 2.05) is 24.3 Å². The smallest absolute Gasteiger partial charge is 0.406 e. The zero-order valence-corrected chi connectivity index (χ0v) is 17.6. The number of carbonyl (C=O) groups excluding carboxylic acids is 1. The van der Waals surface area contributed by atoms with Crippen molar-refractivity contribution in [2.24, 2.45) is 0 Å². The average Bonchev–Trinajstić information content (AvgIpc) is 2.62. The molecule has 2 aromatic carbocycles. The lowest BCUT2D eigenvalue weighted by Crippen LogP contribution is -2.32. The maximum absolute atomic E-state index is 12.2. The molecule has 0 aromatic heterocycles. The number of nitrogens with zero attached hydrogens (tertiary/aromatic N) is 1. The van der Waals surface area contributed by atoms with E-state index in [2.05, 4.69) is 25.4 Å². The van der Waals surface area contributed by atoms with Gasteiger partial charge in [-0.05, 0) is 35.9 Å². The van der Waals surface area contributed by atoms with Crippen LogP contribution in [0.5, 0.6) is 5.75 Å². The number of alkyl halides is 3. The molecule has 0 heterocycles. The van der Waals surface area contributed by atoms with Crippen LogP contribution < -0.4 is 9.46 Å². The highest BCUT2D eigenvalue weighted by Crippen LogP contribution is 2.24. The van der Waals surface area contributed by atoms with Gasteiger partial charge in [-0.1, -0.05) is 34.1 Å². The summed E-state index contributed by atoms with van der Waals surface area (Å²) < 4.78 is 67.7. The summed E-state index contributed by atoms with van der Waals surface area (Å²) in [4.78, 5) is 13.4.